The Morgan fingerprint density at radius 3 is 2.70 bits per heavy atom. The van der Waals surface area contributed by atoms with E-state index >= 15 is 0 Å². The highest BCUT2D eigenvalue weighted by Gasteiger charge is 2.31. The first-order valence-corrected chi connectivity index (χ1v) is 8.99. The van der Waals surface area contributed by atoms with Crippen molar-refractivity contribution < 1.29 is 9.53 Å². The fraction of sp³-hybridized carbons (Fsp3) is 0.286. The van der Waals surface area contributed by atoms with E-state index in [0.717, 1.165) is 22.4 Å². The quantitative estimate of drug-likeness (QED) is 0.742. The smallest absolute Gasteiger partial charge is 0.232 e. The molecule has 0 bridgehead atoms. The lowest BCUT2D eigenvalue weighted by Gasteiger charge is -2.34. The van der Waals surface area contributed by atoms with Gasteiger partial charge in [-0.1, -0.05) is 32.9 Å². The van der Waals surface area contributed by atoms with Crippen LogP contribution in [0.5, 0.6) is 5.75 Å². The molecule has 0 fully saturated rings. The van der Waals surface area contributed by atoms with Crippen LogP contribution < -0.4 is 15.0 Å². The van der Waals surface area contributed by atoms with Crippen LogP contribution in [-0.2, 0) is 4.79 Å². The predicted molar refractivity (Wildman–Crippen MR) is 107 cm³/mol. The highest BCUT2D eigenvalue weighted by atomic mass is 16.5. The van der Waals surface area contributed by atoms with Gasteiger partial charge in [0, 0.05) is 11.1 Å². The molecule has 0 unspecified atom stereocenters. The number of benzene rings is 2. The summed E-state index contributed by atoms with van der Waals surface area (Å²) in [6.45, 7) is 6.83. The van der Waals surface area contributed by atoms with Gasteiger partial charge in [-0.05, 0) is 30.3 Å². The van der Waals surface area contributed by atoms with Gasteiger partial charge in [-0.25, -0.2) is 4.98 Å². The van der Waals surface area contributed by atoms with Crippen LogP contribution >= 0.6 is 0 Å². The topological polar surface area (TPSA) is 67.3 Å². The molecule has 138 valence electrons. The van der Waals surface area contributed by atoms with Crippen LogP contribution in [0.1, 0.15) is 20.8 Å². The molecular weight excluding hydrogens is 340 g/mol. The zero-order valence-corrected chi connectivity index (χ0v) is 15.7. The van der Waals surface area contributed by atoms with Crippen molar-refractivity contribution in [3.05, 3.63) is 48.7 Å². The number of hydrogen-bond acceptors (Lipinski definition) is 5. The summed E-state index contributed by atoms with van der Waals surface area (Å²) < 4.78 is 5.73. The maximum atomic E-state index is 12.8. The van der Waals surface area contributed by atoms with E-state index in [-0.39, 0.29) is 5.91 Å². The van der Waals surface area contributed by atoms with Gasteiger partial charge in [0.2, 0.25) is 5.91 Å². The molecule has 1 aliphatic rings. The van der Waals surface area contributed by atoms with Crippen molar-refractivity contribution in [3.63, 3.8) is 0 Å². The fourth-order valence-electron chi connectivity index (χ4n) is 3.08. The van der Waals surface area contributed by atoms with Crippen LogP contribution in [0.3, 0.4) is 0 Å². The Morgan fingerprint density at radius 2 is 1.93 bits per heavy atom. The van der Waals surface area contributed by atoms with Crippen molar-refractivity contribution in [2.45, 2.75) is 20.8 Å². The van der Waals surface area contributed by atoms with E-state index in [2.05, 4.69) is 15.3 Å². The standard InChI is InChI=1S/C21H22N4O2/c1-21(2,3)20(26)25-10-11-27-18-9-8-14(12-17(18)25)23-19-13-22-15-6-4-5-7-16(15)24-19/h4-9,12-13H,10-11H2,1-3H3,(H,23,24). The predicted octanol–water partition coefficient (Wildman–Crippen LogP) is 4.14. The molecule has 1 aromatic heterocycles. The number of para-hydroxylation sites is 2. The number of aromatic nitrogens is 2. The molecule has 1 aliphatic heterocycles. The van der Waals surface area contributed by atoms with E-state index < -0.39 is 5.41 Å². The lowest BCUT2D eigenvalue weighted by Crippen LogP contribution is -2.44. The number of nitrogens with one attached hydrogen (secondary N) is 1. The molecule has 4 rings (SSSR count). The third-order valence-corrected chi connectivity index (χ3v) is 4.43. The Bertz CT molecular complexity index is 1010. The van der Waals surface area contributed by atoms with Gasteiger partial charge in [-0.2, -0.15) is 0 Å². The van der Waals surface area contributed by atoms with Gasteiger partial charge < -0.3 is 15.0 Å². The number of carbonyl (C=O) groups excluding carboxylic acids is 1. The van der Waals surface area contributed by atoms with Gasteiger partial charge in [-0.15, -0.1) is 0 Å². The van der Waals surface area contributed by atoms with Crippen LogP contribution in [0.25, 0.3) is 11.0 Å². The first-order valence-electron chi connectivity index (χ1n) is 8.99. The van der Waals surface area contributed by atoms with Gasteiger partial charge in [0.05, 0.1) is 29.5 Å². The van der Waals surface area contributed by atoms with Gasteiger partial charge in [0.1, 0.15) is 18.2 Å². The Hall–Kier alpha value is -3.15. The number of nitrogens with zero attached hydrogens (tertiary/aromatic N) is 3. The van der Waals surface area contributed by atoms with E-state index in [4.69, 9.17) is 4.74 Å². The molecule has 0 saturated heterocycles. The highest BCUT2D eigenvalue weighted by Crippen LogP contribution is 2.37. The second-order valence-electron chi connectivity index (χ2n) is 7.61. The molecular formula is C21H22N4O2. The zero-order chi connectivity index (χ0) is 19.0. The van der Waals surface area contributed by atoms with Gasteiger partial charge in [-0.3, -0.25) is 9.78 Å². The van der Waals surface area contributed by atoms with Crippen molar-refractivity contribution in [3.8, 4) is 5.75 Å². The highest BCUT2D eigenvalue weighted by molar-refractivity contribution is 5.99. The summed E-state index contributed by atoms with van der Waals surface area (Å²) in [7, 11) is 0. The number of fused-ring (bicyclic) bond motifs is 2. The molecule has 1 amide bonds. The lowest BCUT2D eigenvalue weighted by atomic mass is 9.94. The van der Waals surface area contributed by atoms with E-state index in [1.165, 1.54) is 0 Å². The Balaban J connectivity index is 1.65. The minimum Gasteiger partial charge on any atom is -0.490 e. The average molecular weight is 362 g/mol. The van der Waals surface area contributed by atoms with Crippen molar-refractivity contribution in [2.24, 2.45) is 5.41 Å². The molecule has 6 nitrogen and oxygen atoms in total. The van der Waals surface area contributed by atoms with Crippen molar-refractivity contribution in [1.82, 2.24) is 9.97 Å². The van der Waals surface area contributed by atoms with Crippen LogP contribution in [0, 0.1) is 5.41 Å². The third-order valence-electron chi connectivity index (χ3n) is 4.43. The largest absolute Gasteiger partial charge is 0.490 e. The lowest BCUT2D eigenvalue weighted by molar-refractivity contribution is -0.126. The maximum absolute atomic E-state index is 12.8. The molecule has 0 atom stereocenters. The number of carbonyl (C=O) groups is 1. The summed E-state index contributed by atoms with van der Waals surface area (Å²) in [5.74, 6) is 1.45. The summed E-state index contributed by atoms with van der Waals surface area (Å²) in [5.41, 5.74) is 2.83. The minimum atomic E-state index is -0.456. The minimum absolute atomic E-state index is 0.0784. The maximum Gasteiger partial charge on any atom is 0.232 e. The SMILES string of the molecule is CC(C)(C)C(=O)N1CCOc2ccc(Nc3cnc4ccccc4n3)cc21. The van der Waals surface area contributed by atoms with Gasteiger partial charge >= 0.3 is 0 Å². The van der Waals surface area contributed by atoms with Crippen LogP contribution in [-0.4, -0.2) is 29.0 Å². The van der Waals surface area contributed by atoms with Gasteiger partial charge in [0.25, 0.3) is 0 Å². The second-order valence-corrected chi connectivity index (χ2v) is 7.61. The summed E-state index contributed by atoms with van der Waals surface area (Å²) in [5, 5.41) is 3.28. The van der Waals surface area contributed by atoms with E-state index in [0.29, 0.717) is 24.7 Å². The van der Waals surface area contributed by atoms with Crippen LogP contribution in [0.2, 0.25) is 0 Å². The van der Waals surface area contributed by atoms with E-state index in [9.17, 15) is 4.79 Å². The molecule has 0 saturated carbocycles. The molecule has 27 heavy (non-hydrogen) atoms. The summed E-state index contributed by atoms with van der Waals surface area (Å²) in [6.07, 6.45) is 1.70. The number of rotatable bonds is 2. The Kier molecular flexibility index (Phi) is 4.18. The Morgan fingerprint density at radius 1 is 1.15 bits per heavy atom. The fourth-order valence-corrected chi connectivity index (χ4v) is 3.08. The van der Waals surface area contributed by atoms with Crippen LogP contribution in [0.4, 0.5) is 17.2 Å². The number of ether oxygens (including phenoxy) is 1. The number of anilines is 3. The van der Waals surface area contributed by atoms with Crippen LogP contribution in [0.15, 0.2) is 48.7 Å². The Labute approximate surface area is 158 Å². The van der Waals surface area contributed by atoms with E-state index in [1.807, 2.05) is 63.2 Å². The monoisotopic (exact) mass is 362 g/mol. The average Bonchev–Trinajstić information content (AvgIpc) is 2.66. The summed E-state index contributed by atoms with van der Waals surface area (Å²) in [6, 6.07) is 13.5. The molecule has 0 radical (unpaired) electrons. The normalized spacial score (nSPS) is 13.8. The van der Waals surface area contributed by atoms with Gasteiger partial charge in [0.15, 0.2) is 0 Å². The van der Waals surface area contributed by atoms with Crippen molar-refractivity contribution in [2.75, 3.05) is 23.4 Å². The molecule has 3 aromatic rings. The molecule has 2 aromatic carbocycles. The zero-order valence-electron chi connectivity index (χ0n) is 15.7. The van der Waals surface area contributed by atoms with E-state index in [1.54, 1.807) is 11.1 Å². The molecule has 0 aliphatic carbocycles. The number of hydrogen-bond donors (Lipinski definition) is 1. The van der Waals surface area contributed by atoms with Crippen molar-refractivity contribution >= 4 is 34.1 Å². The first-order chi connectivity index (χ1) is 12.9. The third kappa shape index (κ3) is 3.43. The summed E-state index contributed by atoms with van der Waals surface area (Å²) in [4.78, 5) is 23.6. The molecule has 0 spiro atoms. The first kappa shape index (κ1) is 17.3. The summed E-state index contributed by atoms with van der Waals surface area (Å²) >= 11 is 0. The molecule has 6 heteroatoms. The molecule has 1 N–H and O–H groups in total. The van der Waals surface area contributed by atoms with Crippen molar-refractivity contribution in [1.29, 1.82) is 0 Å². The molecule has 2 heterocycles. The second kappa shape index (κ2) is 6.54. The number of amides is 1.